The Morgan fingerprint density at radius 3 is 2.00 bits per heavy atom. The van der Waals surface area contributed by atoms with E-state index < -0.39 is 10.8 Å². The van der Waals surface area contributed by atoms with Crippen LogP contribution in [0.1, 0.15) is 24.7 Å². The monoisotopic (exact) mass is 268 g/mol. The molecule has 0 N–H and O–H groups in total. The van der Waals surface area contributed by atoms with Gasteiger partial charge in [-0.25, -0.2) is 0 Å². The molecule has 0 amide bonds. The van der Waals surface area contributed by atoms with Gasteiger partial charge in [-0.3, -0.25) is 0 Å². The fourth-order valence-corrected chi connectivity index (χ4v) is 2.36. The van der Waals surface area contributed by atoms with Gasteiger partial charge in [0.1, 0.15) is 0 Å². The van der Waals surface area contributed by atoms with E-state index in [2.05, 4.69) is 0 Å². The molecular formula is C11H12ClF3S. The van der Waals surface area contributed by atoms with Crippen LogP contribution in [0.2, 0.25) is 5.02 Å². The van der Waals surface area contributed by atoms with Gasteiger partial charge in [-0.2, -0.15) is 13.2 Å². The molecule has 0 bridgehead atoms. The highest BCUT2D eigenvalue weighted by molar-refractivity contribution is 8.00. The van der Waals surface area contributed by atoms with E-state index in [1.54, 1.807) is 38.1 Å². The smallest absolute Gasteiger partial charge is 0.160 e. The van der Waals surface area contributed by atoms with Crippen molar-refractivity contribution >= 4 is 23.4 Å². The van der Waals surface area contributed by atoms with Crippen LogP contribution >= 0.6 is 23.4 Å². The first-order valence-electron chi connectivity index (χ1n) is 4.79. The van der Waals surface area contributed by atoms with Crippen LogP contribution in [0.4, 0.5) is 13.2 Å². The van der Waals surface area contributed by atoms with Crippen molar-refractivity contribution in [3.63, 3.8) is 0 Å². The van der Waals surface area contributed by atoms with E-state index in [1.807, 2.05) is 0 Å². The zero-order chi connectivity index (χ0) is 12.3. The first kappa shape index (κ1) is 13.7. The standard InChI is InChI=1S/C11H12ClF3S/c1-7(2)10(16-11(13,14)15)8-3-5-9(12)6-4-8/h3-7,10H,1-2H3. The first-order valence-corrected chi connectivity index (χ1v) is 6.05. The summed E-state index contributed by atoms with van der Waals surface area (Å²) in [6.45, 7) is 3.55. The molecule has 0 aliphatic rings. The average molecular weight is 269 g/mol. The predicted molar refractivity (Wildman–Crippen MR) is 62.7 cm³/mol. The molecule has 0 fully saturated rings. The summed E-state index contributed by atoms with van der Waals surface area (Å²) in [4.78, 5) is 0. The molecule has 0 radical (unpaired) electrons. The quantitative estimate of drug-likeness (QED) is 0.718. The second kappa shape index (κ2) is 5.32. The maximum absolute atomic E-state index is 12.4. The highest BCUT2D eigenvalue weighted by Gasteiger charge is 2.34. The van der Waals surface area contributed by atoms with Gasteiger partial charge in [-0.1, -0.05) is 37.6 Å². The van der Waals surface area contributed by atoms with E-state index in [-0.39, 0.29) is 17.7 Å². The maximum atomic E-state index is 12.4. The summed E-state index contributed by atoms with van der Waals surface area (Å²) in [7, 11) is 0. The Hall–Kier alpha value is -0.350. The molecular weight excluding hydrogens is 257 g/mol. The fraction of sp³-hybridized carbons (Fsp3) is 0.455. The third kappa shape index (κ3) is 4.26. The van der Waals surface area contributed by atoms with Gasteiger partial charge in [0.25, 0.3) is 0 Å². The van der Waals surface area contributed by atoms with Crippen LogP contribution in [0.3, 0.4) is 0 Å². The van der Waals surface area contributed by atoms with E-state index in [4.69, 9.17) is 11.6 Å². The van der Waals surface area contributed by atoms with Crippen molar-refractivity contribution in [2.75, 3.05) is 0 Å². The van der Waals surface area contributed by atoms with Crippen molar-refractivity contribution in [3.05, 3.63) is 34.9 Å². The second-order valence-electron chi connectivity index (χ2n) is 3.78. The van der Waals surface area contributed by atoms with Gasteiger partial charge in [0.2, 0.25) is 0 Å². The van der Waals surface area contributed by atoms with Crippen molar-refractivity contribution in [3.8, 4) is 0 Å². The van der Waals surface area contributed by atoms with Crippen LogP contribution < -0.4 is 0 Å². The lowest BCUT2D eigenvalue weighted by molar-refractivity contribution is -0.0337. The number of halogens is 4. The molecule has 1 unspecified atom stereocenters. The number of benzene rings is 1. The molecule has 0 aliphatic heterocycles. The molecule has 0 aromatic heterocycles. The minimum absolute atomic E-state index is 0.0258. The molecule has 16 heavy (non-hydrogen) atoms. The third-order valence-corrected chi connectivity index (χ3v) is 3.65. The third-order valence-electron chi connectivity index (χ3n) is 2.06. The molecule has 0 spiro atoms. The summed E-state index contributed by atoms with van der Waals surface area (Å²) < 4.78 is 37.1. The van der Waals surface area contributed by atoms with Crippen molar-refractivity contribution < 1.29 is 13.2 Å². The van der Waals surface area contributed by atoms with E-state index in [9.17, 15) is 13.2 Å². The van der Waals surface area contributed by atoms with Crippen molar-refractivity contribution in [1.82, 2.24) is 0 Å². The van der Waals surface area contributed by atoms with E-state index in [0.29, 0.717) is 10.6 Å². The average Bonchev–Trinajstić information content (AvgIpc) is 2.14. The van der Waals surface area contributed by atoms with Gasteiger partial charge in [0, 0.05) is 10.3 Å². The molecule has 1 atom stereocenters. The molecule has 1 aromatic rings. The van der Waals surface area contributed by atoms with E-state index in [0.717, 1.165) is 0 Å². The van der Waals surface area contributed by atoms with E-state index >= 15 is 0 Å². The topological polar surface area (TPSA) is 0 Å². The van der Waals surface area contributed by atoms with Crippen molar-refractivity contribution in [1.29, 1.82) is 0 Å². The van der Waals surface area contributed by atoms with Gasteiger partial charge in [0.05, 0.1) is 0 Å². The molecule has 0 saturated heterocycles. The van der Waals surface area contributed by atoms with Crippen LogP contribution in [0, 0.1) is 5.92 Å². The Labute approximate surface area is 102 Å². The number of thioether (sulfide) groups is 1. The molecule has 1 rings (SSSR count). The Bertz CT molecular complexity index is 332. The van der Waals surface area contributed by atoms with Gasteiger partial charge in [0.15, 0.2) is 0 Å². The SMILES string of the molecule is CC(C)C(SC(F)(F)F)c1ccc(Cl)cc1. The number of alkyl halides is 3. The summed E-state index contributed by atoms with van der Waals surface area (Å²) in [5.74, 6) is -0.0900. The second-order valence-corrected chi connectivity index (χ2v) is 5.42. The van der Waals surface area contributed by atoms with Crippen molar-refractivity contribution in [2.24, 2.45) is 5.92 Å². The maximum Gasteiger partial charge on any atom is 0.442 e. The summed E-state index contributed by atoms with van der Waals surface area (Å²) in [5, 5.41) is -0.0551. The normalized spacial score (nSPS) is 14.2. The largest absolute Gasteiger partial charge is 0.442 e. The predicted octanol–water partition coefficient (Wildman–Crippen LogP) is 5.29. The molecule has 0 aliphatic carbocycles. The van der Waals surface area contributed by atoms with Crippen LogP contribution in [0.5, 0.6) is 0 Å². The Morgan fingerprint density at radius 1 is 1.12 bits per heavy atom. The van der Waals surface area contributed by atoms with Gasteiger partial charge in [-0.05, 0) is 35.4 Å². The highest BCUT2D eigenvalue weighted by atomic mass is 35.5. The minimum Gasteiger partial charge on any atom is -0.160 e. The molecule has 1 aromatic carbocycles. The Balaban J connectivity index is 2.90. The summed E-state index contributed by atoms with van der Waals surface area (Å²) in [6.07, 6.45) is 0. The van der Waals surface area contributed by atoms with Crippen LogP contribution in [0.15, 0.2) is 24.3 Å². The van der Waals surface area contributed by atoms with Gasteiger partial charge >= 0.3 is 5.51 Å². The molecule has 0 saturated carbocycles. The number of hydrogen-bond acceptors (Lipinski definition) is 1. The summed E-state index contributed by atoms with van der Waals surface area (Å²) in [6, 6.07) is 6.52. The zero-order valence-corrected chi connectivity index (χ0v) is 10.5. The summed E-state index contributed by atoms with van der Waals surface area (Å²) in [5.41, 5.74) is -3.56. The lowest BCUT2D eigenvalue weighted by atomic mass is 10.0. The lowest BCUT2D eigenvalue weighted by Gasteiger charge is -2.22. The Kier molecular flexibility index (Phi) is 4.56. The molecule has 0 nitrogen and oxygen atoms in total. The van der Waals surface area contributed by atoms with Crippen LogP contribution in [0.25, 0.3) is 0 Å². The van der Waals surface area contributed by atoms with Crippen LogP contribution in [-0.4, -0.2) is 5.51 Å². The molecule has 0 heterocycles. The Morgan fingerprint density at radius 2 is 1.62 bits per heavy atom. The van der Waals surface area contributed by atoms with Crippen molar-refractivity contribution in [2.45, 2.75) is 24.6 Å². The number of hydrogen-bond donors (Lipinski definition) is 0. The first-order chi connectivity index (χ1) is 7.29. The van der Waals surface area contributed by atoms with E-state index in [1.165, 1.54) is 0 Å². The fourth-order valence-electron chi connectivity index (χ4n) is 1.39. The zero-order valence-electron chi connectivity index (χ0n) is 8.88. The highest BCUT2D eigenvalue weighted by Crippen LogP contribution is 2.45. The minimum atomic E-state index is -4.21. The van der Waals surface area contributed by atoms with Crippen LogP contribution in [-0.2, 0) is 0 Å². The summed E-state index contributed by atoms with van der Waals surface area (Å²) >= 11 is 5.73. The van der Waals surface area contributed by atoms with Gasteiger partial charge < -0.3 is 0 Å². The molecule has 90 valence electrons. The van der Waals surface area contributed by atoms with Gasteiger partial charge in [-0.15, -0.1) is 0 Å². The number of rotatable bonds is 3. The molecule has 5 heteroatoms. The lowest BCUT2D eigenvalue weighted by Crippen LogP contribution is -2.10.